The fourth-order valence-corrected chi connectivity index (χ4v) is 5.78. The first-order chi connectivity index (χ1) is 10.2. The number of aromatic nitrogens is 2. The van der Waals surface area contributed by atoms with Gasteiger partial charge in [0.1, 0.15) is 0 Å². The van der Waals surface area contributed by atoms with Crippen LogP contribution in [-0.4, -0.2) is 53.6 Å². The summed E-state index contributed by atoms with van der Waals surface area (Å²) in [7, 11) is -3.03. The Morgan fingerprint density at radius 3 is 2.52 bits per heavy atom. The van der Waals surface area contributed by atoms with Crippen LogP contribution >= 0.6 is 0 Å². The van der Waals surface area contributed by atoms with Crippen molar-refractivity contribution in [3.05, 3.63) is 18.5 Å². The van der Waals surface area contributed by atoms with Crippen LogP contribution in [0.25, 0.3) is 0 Å². The fraction of sp³-hybridized carbons (Fsp3) is 0.714. The minimum absolute atomic E-state index is 0.0910. The maximum absolute atomic E-state index is 12.5. The monoisotopic (exact) mass is 308 g/mol. The van der Waals surface area contributed by atoms with Gasteiger partial charge in [0.05, 0.1) is 5.25 Å². The van der Waals surface area contributed by atoms with E-state index in [2.05, 4.69) is 14.9 Å². The molecule has 3 fully saturated rings. The van der Waals surface area contributed by atoms with Crippen LogP contribution in [-0.2, 0) is 10.0 Å². The fourth-order valence-electron chi connectivity index (χ4n) is 3.65. The molecule has 7 heteroatoms. The highest BCUT2D eigenvalue weighted by Gasteiger charge is 2.48. The van der Waals surface area contributed by atoms with Crippen molar-refractivity contribution in [3.63, 3.8) is 0 Å². The van der Waals surface area contributed by atoms with E-state index in [1.54, 1.807) is 16.7 Å². The van der Waals surface area contributed by atoms with Crippen LogP contribution in [0.3, 0.4) is 0 Å². The molecule has 0 amide bonds. The summed E-state index contributed by atoms with van der Waals surface area (Å²) in [6, 6.07) is 2.01. The number of anilines is 1. The Morgan fingerprint density at radius 2 is 1.81 bits per heavy atom. The highest BCUT2D eigenvalue weighted by atomic mass is 32.2. The van der Waals surface area contributed by atoms with Gasteiger partial charge in [0, 0.05) is 38.1 Å². The maximum atomic E-state index is 12.5. The molecular formula is C14H20N4O2S. The zero-order chi connectivity index (χ0) is 14.4. The lowest BCUT2D eigenvalue weighted by atomic mass is 9.93. The third kappa shape index (κ3) is 2.32. The van der Waals surface area contributed by atoms with E-state index in [4.69, 9.17) is 0 Å². The summed E-state index contributed by atoms with van der Waals surface area (Å²) < 4.78 is 26.8. The summed E-state index contributed by atoms with van der Waals surface area (Å²) in [6.45, 7) is 2.39. The average Bonchev–Trinajstić information content (AvgIpc) is 3.28. The molecule has 2 saturated heterocycles. The lowest BCUT2D eigenvalue weighted by Gasteiger charge is -2.37. The Morgan fingerprint density at radius 1 is 1.05 bits per heavy atom. The Kier molecular flexibility index (Phi) is 3.15. The molecule has 0 aromatic carbocycles. The first-order valence-electron chi connectivity index (χ1n) is 7.69. The predicted octanol–water partition coefficient (Wildman–Crippen LogP) is 0.869. The van der Waals surface area contributed by atoms with E-state index in [9.17, 15) is 8.42 Å². The van der Waals surface area contributed by atoms with Crippen molar-refractivity contribution < 1.29 is 8.42 Å². The van der Waals surface area contributed by atoms with Gasteiger partial charge in [-0.15, -0.1) is 0 Å². The van der Waals surface area contributed by atoms with E-state index in [1.165, 1.54) is 0 Å². The molecule has 3 heterocycles. The molecule has 114 valence electrons. The number of rotatable bonds is 3. The largest absolute Gasteiger partial charge is 0.340 e. The van der Waals surface area contributed by atoms with Crippen molar-refractivity contribution in [3.8, 4) is 0 Å². The van der Waals surface area contributed by atoms with Crippen molar-refractivity contribution in [2.24, 2.45) is 5.92 Å². The van der Waals surface area contributed by atoms with Gasteiger partial charge in [-0.1, -0.05) is 0 Å². The SMILES string of the molecule is O=S(=O)(C1CC1)N1CC[C@@H]2CN(c3ncccn3)CC[C@@H]21. The van der Waals surface area contributed by atoms with Crippen LogP contribution in [0.4, 0.5) is 5.95 Å². The molecule has 1 aromatic heterocycles. The van der Waals surface area contributed by atoms with Crippen LogP contribution in [0.1, 0.15) is 25.7 Å². The molecular weight excluding hydrogens is 288 g/mol. The second-order valence-electron chi connectivity index (χ2n) is 6.25. The quantitative estimate of drug-likeness (QED) is 0.829. The second-order valence-corrected chi connectivity index (χ2v) is 8.42. The Hall–Kier alpha value is -1.21. The van der Waals surface area contributed by atoms with Crippen LogP contribution in [0.2, 0.25) is 0 Å². The molecule has 0 spiro atoms. The molecule has 6 nitrogen and oxygen atoms in total. The Bertz CT molecular complexity index is 617. The smallest absolute Gasteiger partial charge is 0.225 e. The van der Waals surface area contributed by atoms with Crippen molar-refractivity contribution in [1.82, 2.24) is 14.3 Å². The molecule has 1 aliphatic carbocycles. The lowest BCUT2D eigenvalue weighted by molar-refractivity contribution is 0.291. The van der Waals surface area contributed by atoms with Crippen LogP contribution < -0.4 is 4.90 Å². The number of hydrogen-bond acceptors (Lipinski definition) is 5. The molecule has 21 heavy (non-hydrogen) atoms. The van der Waals surface area contributed by atoms with Crippen LogP contribution in [0, 0.1) is 5.92 Å². The first-order valence-corrected chi connectivity index (χ1v) is 9.19. The molecule has 0 radical (unpaired) electrons. The summed E-state index contributed by atoms with van der Waals surface area (Å²) in [5.41, 5.74) is 0. The van der Waals surface area contributed by atoms with Gasteiger partial charge in [0.25, 0.3) is 0 Å². The van der Waals surface area contributed by atoms with Crippen LogP contribution in [0.5, 0.6) is 0 Å². The third-order valence-corrected chi connectivity index (χ3v) is 7.31. The van der Waals surface area contributed by atoms with Gasteiger partial charge < -0.3 is 4.90 Å². The predicted molar refractivity (Wildman–Crippen MR) is 79.4 cm³/mol. The summed E-state index contributed by atoms with van der Waals surface area (Å²) in [5.74, 6) is 1.18. The topological polar surface area (TPSA) is 66.4 Å². The third-order valence-electron chi connectivity index (χ3n) is 4.89. The van der Waals surface area contributed by atoms with Crippen LogP contribution in [0.15, 0.2) is 18.5 Å². The van der Waals surface area contributed by atoms with Gasteiger partial charge in [-0.25, -0.2) is 18.4 Å². The number of nitrogens with zero attached hydrogens (tertiary/aromatic N) is 4. The summed E-state index contributed by atoms with van der Waals surface area (Å²) in [6.07, 6.45) is 7.05. The molecule has 0 unspecified atom stereocenters. The number of piperidine rings is 1. The Labute approximate surface area is 125 Å². The van der Waals surface area contributed by atoms with E-state index in [0.29, 0.717) is 12.5 Å². The van der Waals surface area contributed by atoms with Gasteiger partial charge in [0.15, 0.2) is 0 Å². The standard InChI is InChI=1S/C14H20N4O2S/c19-21(20,12-2-3-12)18-9-4-11-10-17(8-5-13(11)18)14-15-6-1-7-16-14/h1,6-7,11-13H,2-5,8-10H2/t11-,13+/m1/s1. The van der Waals surface area contributed by atoms with Gasteiger partial charge in [-0.3, -0.25) is 0 Å². The highest BCUT2D eigenvalue weighted by Crippen LogP contribution is 2.39. The van der Waals surface area contributed by atoms with E-state index < -0.39 is 10.0 Å². The Balaban J connectivity index is 1.50. The van der Waals surface area contributed by atoms with Crippen molar-refractivity contribution in [2.75, 3.05) is 24.5 Å². The van der Waals surface area contributed by atoms with Gasteiger partial charge >= 0.3 is 0 Å². The molecule has 2 aliphatic heterocycles. The minimum atomic E-state index is -3.03. The van der Waals surface area contributed by atoms with E-state index in [1.807, 2.05) is 6.07 Å². The number of fused-ring (bicyclic) bond motifs is 1. The highest BCUT2D eigenvalue weighted by molar-refractivity contribution is 7.90. The summed E-state index contributed by atoms with van der Waals surface area (Å²) >= 11 is 0. The normalized spacial score (nSPS) is 30.4. The van der Waals surface area contributed by atoms with Crippen molar-refractivity contribution >= 4 is 16.0 Å². The minimum Gasteiger partial charge on any atom is -0.340 e. The summed E-state index contributed by atoms with van der Waals surface area (Å²) in [5, 5.41) is -0.0910. The van der Waals surface area contributed by atoms with E-state index in [-0.39, 0.29) is 11.3 Å². The maximum Gasteiger partial charge on any atom is 0.225 e. The first kappa shape index (κ1) is 13.5. The molecule has 4 rings (SSSR count). The molecule has 1 aromatic rings. The van der Waals surface area contributed by atoms with Gasteiger partial charge in [0.2, 0.25) is 16.0 Å². The van der Waals surface area contributed by atoms with E-state index in [0.717, 1.165) is 44.7 Å². The van der Waals surface area contributed by atoms with Gasteiger partial charge in [-0.05, 0) is 37.7 Å². The zero-order valence-electron chi connectivity index (χ0n) is 11.9. The van der Waals surface area contributed by atoms with E-state index >= 15 is 0 Å². The number of hydrogen-bond donors (Lipinski definition) is 0. The second kappa shape index (κ2) is 4.91. The van der Waals surface area contributed by atoms with Crippen molar-refractivity contribution in [1.29, 1.82) is 0 Å². The molecule has 0 bridgehead atoms. The zero-order valence-corrected chi connectivity index (χ0v) is 12.7. The molecule has 0 N–H and O–H groups in total. The molecule has 3 aliphatic rings. The molecule has 1 saturated carbocycles. The van der Waals surface area contributed by atoms with Gasteiger partial charge in [-0.2, -0.15) is 4.31 Å². The average molecular weight is 308 g/mol. The summed E-state index contributed by atoms with van der Waals surface area (Å²) in [4.78, 5) is 10.8. The molecule has 2 atom stereocenters. The lowest BCUT2D eigenvalue weighted by Crippen LogP contribution is -2.48. The van der Waals surface area contributed by atoms with Crippen molar-refractivity contribution in [2.45, 2.75) is 37.0 Å². The number of sulfonamides is 1.